The lowest BCUT2D eigenvalue weighted by molar-refractivity contribution is 0.719. The van der Waals surface area contributed by atoms with Gasteiger partial charge in [-0.1, -0.05) is 13.0 Å². The predicted molar refractivity (Wildman–Crippen MR) is 84.5 cm³/mol. The lowest BCUT2D eigenvalue weighted by atomic mass is 10.1. The zero-order valence-electron chi connectivity index (χ0n) is 12.1. The Hall–Kier alpha value is -1.94. The van der Waals surface area contributed by atoms with Crippen LogP contribution in [0.2, 0.25) is 0 Å². The molecule has 0 radical (unpaired) electrons. The van der Waals surface area contributed by atoms with Gasteiger partial charge in [0, 0.05) is 12.4 Å². The third-order valence-corrected chi connectivity index (χ3v) is 3.80. The molecule has 0 amide bonds. The summed E-state index contributed by atoms with van der Waals surface area (Å²) in [4.78, 5) is 13.3. The molecule has 5 heteroatoms. The molecule has 0 saturated heterocycles. The summed E-state index contributed by atoms with van der Waals surface area (Å²) < 4.78 is 2.14. The second-order valence-electron chi connectivity index (χ2n) is 5.00. The zero-order valence-corrected chi connectivity index (χ0v) is 12.9. The third-order valence-electron chi connectivity index (χ3n) is 3.61. The van der Waals surface area contributed by atoms with E-state index in [0.29, 0.717) is 6.54 Å². The fourth-order valence-electron chi connectivity index (χ4n) is 2.56. The van der Waals surface area contributed by atoms with Crippen LogP contribution in [0.4, 0.5) is 0 Å². The molecule has 3 aromatic rings. The van der Waals surface area contributed by atoms with Crippen LogP contribution in [0.15, 0.2) is 36.8 Å². The van der Waals surface area contributed by atoms with E-state index in [1.807, 2.05) is 25.3 Å². The first-order valence-corrected chi connectivity index (χ1v) is 7.51. The number of halogens is 1. The van der Waals surface area contributed by atoms with Crippen molar-refractivity contribution < 1.29 is 0 Å². The summed E-state index contributed by atoms with van der Waals surface area (Å²) in [6.07, 6.45) is 6.35. The van der Waals surface area contributed by atoms with Gasteiger partial charge in [0.25, 0.3) is 0 Å². The third kappa shape index (κ3) is 2.63. The largest absolute Gasteiger partial charge is 0.321 e. The van der Waals surface area contributed by atoms with Crippen LogP contribution in [-0.4, -0.2) is 19.5 Å². The maximum Gasteiger partial charge on any atom is 0.128 e. The Labute approximate surface area is 128 Å². The Morgan fingerprint density at radius 2 is 2.14 bits per heavy atom. The number of pyridine rings is 2. The fourth-order valence-corrected chi connectivity index (χ4v) is 2.72. The van der Waals surface area contributed by atoms with Crippen molar-refractivity contribution in [3.05, 3.63) is 53.9 Å². The Kier molecular flexibility index (Phi) is 3.88. The Bertz CT molecular complexity index is 764. The van der Waals surface area contributed by atoms with Gasteiger partial charge in [-0.25, -0.2) is 4.98 Å². The predicted octanol–water partition coefficient (Wildman–Crippen LogP) is 3.74. The molecule has 0 aliphatic rings. The van der Waals surface area contributed by atoms with Crippen LogP contribution in [-0.2, 0) is 13.0 Å². The normalized spacial score (nSPS) is 12.7. The highest BCUT2D eigenvalue weighted by atomic mass is 35.5. The molecular weight excluding hydrogens is 284 g/mol. The van der Waals surface area contributed by atoms with Gasteiger partial charge in [0.1, 0.15) is 11.3 Å². The number of hydrogen-bond donors (Lipinski definition) is 0. The Morgan fingerprint density at radius 1 is 1.29 bits per heavy atom. The molecule has 0 saturated carbocycles. The molecule has 21 heavy (non-hydrogen) atoms. The molecule has 3 aromatic heterocycles. The van der Waals surface area contributed by atoms with Gasteiger partial charge < -0.3 is 4.57 Å². The fraction of sp³-hybridized carbons (Fsp3) is 0.312. The van der Waals surface area contributed by atoms with E-state index in [1.165, 1.54) is 5.56 Å². The average molecular weight is 301 g/mol. The first kappa shape index (κ1) is 14.0. The standard InChI is InChI=1S/C16H17ClN4/c1-3-12-5-4-7-19-14(12)10-21-15-6-8-18-9-13(15)20-16(21)11(2)17/h4-9,11H,3,10H2,1-2H3. The number of aromatic nitrogens is 4. The summed E-state index contributed by atoms with van der Waals surface area (Å²) in [5.74, 6) is 0.854. The summed E-state index contributed by atoms with van der Waals surface area (Å²) in [5.41, 5.74) is 4.23. The first-order chi connectivity index (χ1) is 10.2. The van der Waals surface area contributed by atoms with E-state index >= 15 is 0 Å². The minimum absolute atomic E-state index is 0.161. The highest BCUT2D eigenvalue weighted by Gasteiger charge is 2.16. The molecule has 0 aliphatic heterocycles. The van der Waals surface area contributed by atoms with Crippen LogP contribution in [0.1, 0.15) is 36.3 Å². The minimum Gasteiger partial charge on any atom is -0.321 e. The van der Waals surface area contributed by atoms with Crippen molar-refractivity contribution >= 4 is 22.6 Å². The van der Waals surface area contributed by atoms with E-state index in [9.17, 15) is 0 Å². The van der Waals surface area contributed by atoms with Crippen molar-refractivity contribution in [2.75, 3.05) is 0 Å². The number of fused-ring (bicyclic) bond motifs is 1. The van der Waals surface area contributed by atoms with E-state index in [-0.39, 0.29) is 5.38 Å². The molecule has 0 bridgehead atoms. The van der Waals surface area contributed by atoms with E-state index in [4.69, 9.17) is 11.6 Å². The van der Waals surface area contributed by atoms with Crippen LogP contribution < -0.4 is 0 Å². The van der Waals surface area contributed by atoms with Crippen molar-refractivity contribution in [2.45, 2.75) is 32.2 Å². The van der Waals surface area contributed by atoms with Gasteiger partial charge in [0.05, 0.1) is 29.3 Å². The van der Waals surface area contributed by atoms with Crippen LogP contribution in [0.5, 0.6) is 0 Å². The molecule has 0 fully saturated rings. The van der Waals surface area contributed by atoms with Gasteiger partial charge in [-0.2, -0.15) is 0 Å². The van der Waals surface area contributed by atoms with Crippen molar-refractivity contribution in [3.8, 4) is 0 Å². The van der Waals surface area contributed by atoms with Gasteiger partial charge in [-0.05, 0) is 31.0 Å². The van der Waals surface area contributed by atoms with Gasteiger partial charge in [0.15, 0.2) is 0 Å². The number of aryl methyl sites for hydroxylation is 1. The number of nitrogens with zero attached hydrogens (tertiary/aromatic N) is 4. The molecule has 3 heterocycles. The molecular formula is C16H17ClN4. The van der Waals surface area contributed by atoms with Gasteiger partial charge in [-0.15, -0.1) is 11.6 Å². The molecule has 3 rings (SSSR count). The van der Waals surface area contributed by atoms with Crippen molar-refractivity contribution in [3.63, 3.8) is 0 Å². The van der Waals surface area contributed by atoms with Crippen LogP contribution in [0, 0.1) is 0 Å². The molecule has 0 N–H and O–H groups in total. The molecule has 0 aliphatic carbocycles. The lowest BCUT2D eigenvalue weighted by Crippen LogP contribution is -2.09. The molecule has 0 spiro atoms. The van der Waals surface area contributed by atoms with E-state index in [1.54, 1.807) is 12.4 Å². The highest BCUT2D eigenvalue weighted by Crippen LogP contribution is 2.25. The molecule has 0 aromatic carbocycles. The van der Waals surface area contributed by atoms with Gasteiger partial charge in [0.2, 0.25) is 0 Å². The Balaban J connectivity index is 2.13. The molecule has 4 nitrogen and oxygen atoms in total. The second kappa shape index (κ2) is 5.82. The van der Waals surface area contributed by atoms with Crippen LogP contribution >= 0.6 is 11.6 Å². The van der Waals surface area contributed by atoms with E-state index in [0.717, 1.165) is 29.0 Å². The van der Waals surface area contributed by atoms with Crippen molar-refractivity contribution in [1.29, 1.82) is 0 Å². The smallest absolute Gasteiger partial charge is 0.128 e. The van der Waals surface area contributed by atoms with Crippen LogP contribution in [0.25, 0.3) is 11.0 Å². The number of rotatable bonds is 4. The molecule has 1 unspecified atom stereocenters. The maximum atomic E-state index is 6.30. The minimum atomic E-state index is -0.161. The second-order valence-corrected chi connectivity index (χ2v) is 5.65. The summed E-state index contributed by atoms with van der Waals surface area (Å²) in [6.45, 7) is 4.75. The number of alkyl halides is 1. The zero-order chi connectivity index (χ0) is 14.8. The molecule has 108 valence electrons. The SMILES string of the molecule is CCc1cccnc1Cn1c(C(C)Cl)nc2cnccc21. The first-order valence-electron chi connectivity index (χ1n) is 7.07. The van der Waals surface area contributed by atoms with Crippen LogP contribution in [0.3, 0.4) is 0 Å². The Morgan fingerprint density at radius 3 is 2.90 bits per heavy atom. The number of hydrogen-bond acceptors (Lipinski definition) is 3. The maximum absolute atomic E-state index is 6.30. The van der Waals surface area contributed by atoms with Crippen molar-refractivity contribution in [1.82, 2.24) is 19.5 Å². The average Bonchev–Trinajstić information content (AvgIpc) is 2.87. The summed E-state index contributed by atoms with van der Waals surface area (Å²) >= 11 is 6.30. The summed E-state index contributed by atoms with van der Waals surface area (Å²) in [6, 6.07) is 6.07. The highest BCUT2D eigenvalue weighted by molar-refractivity contribution is 6.20. The lowest BCUT2D eigenvalue weighted by Gasteiger charge is -2.12. The summed E-state index contributed by atoms with van der Waals surface area (Å²) in [5, 5.41) is -0.161. The van der Waals surface area contributed by atoms with E-state index in [2.05, 4.69) is 32.5 Å². The van der Waals surface area contributed by atoms with E-state index < -0.39 is 0 Å². The summed E-state index contributed by atoms with van der Waals surface area (Å²) in [7, 11) is 0. The monoisotopic (exact) mass is 300 g/mol. The number of imidazole rings is 1. The van der Waals surface area contributed by atoms with Crippen molar-refractivity contribution in [2.24, 2.45) is 0 Å². The van der Waals surface area contributed by atoms with Gasteiger partial charge >= 0.3 is 0 Å². The molecule has 1 atom stereocenters. The van der Waals surface area contributed by atoms with Gasteiger partial charge in [-0.3, -0.25) is 9.97 Å². The quantitative estimate of drug-likeness (QED) is 0.689. The topological polar surface area (TPSA) is 43.6 Å².